The first-order chi connectivity index (χ1) is 6.06. The van der Waals surface area contributed by atoms with Gasteiger partial charge in [-0.2, -0.15) is 0 Å². The lowest BCUT2D eigenvalue weighted by molar-refractivity contribution is 0.0825. The van der Waals surface area contributed by atoms with E-state index in [2.05, 4.69) is 27.7 Å². The fourth-order valence-corrected chi connectivity index (χ4v) is 1.51. The molecule has 1 atom stereocenters. The minimum atomic E-state index is 0.147. The van der Waals surface area contributed by atoms with Gasteiger partial charge in [0.1, 0.15) is 0 Å². The lowest BCUT2D eigenvalue weighted by atomic mass is 9.76. The maximum atomic E-state index is 9.31. The van der Waals surface area contributed by atoms with Crippen LogP contribution in [0.3, 0.4) is 0 Å². The predicted octanol–water partition coefficient (Wildman–Crippen LogP) is 3.61. The van der Waals surface area contributed by atoms with E-state index in [1.807, 2.05) is 0 Å². The molecule has 0 fully saturated rings. The van der Waals surface area contributed by atoms with Crippen LogP contribution >= 0.6 is 0 Å². The minimum Gasteiger partial charge on any atom is -0.396 e. The summed E-state index contributed by atoms with van der Waals surface area (Å²) < 4.78 is 0. The second-order valence-corrected chi connectivity index (χ2v) is 4.78. The maximum absolute atomic E-state index is 9.31. The lowest BCUT2D eigenvalue weighted by Gasteiger charge is -2.31. The normalized spacial score (nSPS) is 16.2. The highest BCUT2D eigenvalue weighted by Crippen LogP contribution is 2.32. The molecule has 0 amide bonds. The van der Waals surface area contributed by atoms with E-state index in [0.29, 0.717) is 12.5 Å². The van der Waals surface area contributed by atoms with E-state index in [1.54, 1.807) is 0 Å². The predicted molar refractivity (Wildman–Crippen MR) is 58.8 cm³/mol. The molecule has 0 radical (unpaired) electrons. The number of aliphatic hydroxyl groups excluding tert-OH is 1. The lowest BCUT2D eigenvalue weighted by Crippen LogP contribution is -2.27. The summed E-state index contributed by atoms with van der Waals surface area (Å²) in [6, 6.07) is 0. The Morgan fingerprint density at radius 2 is 1.77 bits per heavy atom. The molecule has 0 aromatic rings. The molecule has 13 heavy (non-hydrogen) atoms. The van der Waals surface area contributed by atoms with Gasteiger partial charge in [0.15, 0.2) is 0 Å². The quantitative estimate of drug-likeness (QED) is 0.602. The molecule has 0 aliphatic carbocycles. The molecule has 1 unspecified atom stereocenters. The molecule has 0 spiro atoms. The fourth-order valence-electron chi connectivity index (χ4n) is 1.51. The zero-order valence-electron chi connectivity index (χ0n) is 9.77. The van der Waals surface area contributed by atoms with Crippen LogP contribution in [-0.2, 0) is 0 Å². The van der Waals surface area contributed by atoms with Gasteiger partial charge in [0.25, 0.3) is 0 Å². The van der Waals surface area contributed by atoms with Gasteiger partial charge in [-0.05, 0) is 17.8 Å². The summed E-state index contributed by atoms with van der Waals surface area (Å²) in [5.41, 5.74) is 0.147. The highest BCUT2D eigenvalue weighted by Gasteiger charge is 2.26. The second-order valence-electron chi connectivity index (χ2n) is 4.78. The summed E-state index contributed by atoms with van der Waals surface area (Å²) in [7, 11) is 0. The smallest absolute Gasteiger partial charge is 0.0487 e. The molecule has 0 aromatic heterocycles. The number of hydrogen-bond donors (Lipinski definition) is 1. The summed E-state index contributed by atoms with van der Waals surface area (Å²) in [5, 5.41) is 9.31. The molecule has 1 N–H and O–H groups in total. The van der Waals surface area contributed by atoms with E-state index in [-0.39, 0.29) is 5.41 Å². The Bertz CT molecular complexity index is 120. The zero-order valence-corrected chi connectivity index (χ0v) is 9.77. The van der Waals surface area contributed by atoms with Crippen molar-refractivity contribution in [3.63, 3.8) is 0 Å². The van der Waals surface area contributed by atoms with Crippen LogP contribution in [0, 0.1) is 11.3 Å². The summed E-state index contributed by atoms with van der Waals surface area (Å²) >= 11 is 0. The van der Waals surface area contributed by atoms with Crippen LogP contribution < -0.4 is 0 Å². The van der Waals surface area contributed by atoms with Crippen LogP contribution in [-0.4, -0.2) is 11.7 Å². The Morgan fingerprint density at radius 3 is 2.15 bits per heavy atom. The molecule has 0 heterocycles. The van der Waals surface area contributed by atoms with Crippen molar-refractivity contribution in [2.75, 3.05) is 6.61 Å². The van der Waals surface area contributed by atoms with Gasteiger partial charge in [0.2, 0.25) is 0 Å². The molecule has 0 rings (SSSR count). The summed E-state index contributed by atoms with van der Waals surface area (Å²) in [5.74, 6) is 0.583. The van der Waals surface area contributed by atoms with Gasteiger partial charge in [-0.1, -0.05) is 53.4 Å². The molecule has 80 valence electrons. The van der Waals surface area contributed by atoms with Crippen LogP contribution in [0.25, 0.3) is 0 Å². The van der Waals surface area contributed by atoms with Crippen molar-refractivity contribution in [3.8, 4) is 0 Å². The van der Waals surface area contributed by atoms with E-state index >= 15 is 0 Å². The van der Waals surface area contributed by atoms with Crippen LogP contribution in [0.5, 0.6) is 0 Å². The van der Waals surface area contributed by atoms with Gasteiger partial charge in [-0.3, -0.25) is 0 Å². The third kappa shape index (κ3) is 4.66. The van der Waals surface area contributed by atoms with Gasteiger partial charge in [-0.15, -0.1) is 0 Å². The van der Waals surface area contributed by atoms with Crippen molar-refractivity contribution in [1.29, 1.82) is 0 Å². The van der Waals surface area contributed by atoms with Crippen molar-refractivity contribution >= 4 is 0 Å². The molecule has 0 saturated carbocycles. The number of rotatable bonds is 7. The summed E-state index contributed by atoms with van der Waals surface area (Å²) in [6.07, 6.45) is 6.38. The first-order valence-corrected chi connectivity index (χ1v) is 5.67. The van der Waals surface area contributed by atoms with E-state index in [9.17, 15) is 5.11 Å². The van der Waals surface area contributed by atoms with Crippen molar-refractivity contribution in [3.05, 3.63) is 0 Å². The van der Waals surface area contributed by atoms with Crippen molar-refractivity contribution in [1.82, 2.24) is 0 Å². The first kappa shape index (κ1) is 13.0. The highest BCUT2D eigenvalue weighted by molar-refractivity contribution is 4.76. The number of aliphatic hydroxyl groups is 1. The van der Waals surface area contributed by atoms with Gasteiger partial charge >= 0.3 is 0 Å². The van der Waals surface area contributed by atoms with Crippen LogP contribution in [0.1, 0.15) is 59.8 Å². The fraction of sp³-hybridized carbons (Fsp3) is 1.00. The van der Waals surface area contributed by atoms with Gasteiger partial charge in [0.05, 0.1) is 0 Å². The monoisotopic (exact) mass is 186 g/mol. The van der Waals surface area contributed by atoms with E-state index in [0.717, 1.165) is 0 Å². The van der Waals surface area contributed by atoms with Crippen molar-refractivity contribution in [2.45, 2.75) is 59.8 Å². The third-order valence-electron chi connectivity index (χ3n) is 3.36. The highest BCUT2D eigenvalue weighted by atomic mass is 16.3. The molecule has 0 aliphatic heterocycles. The second kappa shape index (κ2) is 6.42. The molecule has 1 nitrogen and oxygen atoms in total. The molecule has 0 aliphatic rings. The number of hydrogen-bond acceptors (Lipinski definition) is 1. The van der Waals surface area contributed by atoms with Crippen LogP contribution in [0.15, 0.2) is 0 Å². The molecule has 1 heteroatoms. The maximum Gasteiger partial charge on any atom is 0.0487 e. The van der Waals surface area contributed by atoms with Crippen LogP contribution in [0.4, 0.5) is 0 Å². The molecule has 0 saturated heterocycles. The summed E-state index contributed by atoms with van der Waals surface area (Å²) in [6.45, 7) is 9.17. The SMILES string of the molecule is CCCCCCC(C)(CO)C(C)C. The molecule has 0 aromatic carbocycles. The Labute approximate surface area is 83.5 Å². The number of unbranched alkanes of at least 4 members (excludes halogenated alkanes) is 3. The Kier molecular flexibility index (Phi) is 6.40. The molecular formula is C12H26O. The van der Waals surface area contributed by atoms with Gasteiger partial charge < -0.3 is 5.11 Å². The van der Waals surface area contributed by atoms with Crippen LogP contribution in [0.2, 0.25) is 0 Å². The standard InChI is InChI=1S/C12H26O/c1-5-6-7-8-9-12(4,10-13)11(2)3/h11,13H,5-10H2,1-4H3. The van der Waals surface area contributed by atoms with E-state index < -0.39 is 0 Å². The minimum absolute atomic E-state index is 0.147. The van der Waals surface area contributed by atoms with Gasteiger partial charge in [0, 0.05) is 6.61 Å². The first-order valence-electron chi connectivity index (χ1n) is 5.67. The van der Waals surface area contributed by atoms with Crippen molar-refractivity contribution < 1.29 is 5.11 Å². The largest absolute Gasteiger partial charge is 0.396 e. The Balaban J connectivity index is 3.71. The Morgan fingerprint density at radius 1 is 1.15 bits per heavy atom. The molecule has 0 bridgehead atoms. The topological polar surface area (TPSA) is 20.2 Å². The zero-order chi connectivity index (χ0) is 10.3. The summed E-state index contributed by atoms with van der Waals surface area (Å²) in [4.78, 5) is 0. The average molecular weight is 186 g/mol. The van der Waals surface area contributed by atoms with E-state index in [1.165, 1.54) is 32.1 Å². The molecular weight excluding hydrogens is 160 g/mol. The third-order valence-corrected chi connectivity index (χ3v) is 3.36. The van der Waals surface area contributed by atoms with Crippen molar-refractivity contribution in [2.24, 2.45) is 11.3 Å². The van der Waals surface area contributed by atoms with E-state index in [4.69, 9.17) is 0 Å². The average Bonchev–Trinajstić information content (AvgIpc) is 2.12. The Hall–Kier alpha value is -0.0400. The van der Waals surface area contributed by atoms with Gasteiger partial charge in [-0.25, -0.2) is 0 Å².